The van der Waals surface area contributed by atoms with Crippen molar-refractivity contribution in [2.45, 2.75) is 26.2 Å². The Hall–Kier alpha value is -1.09. The summed E-state index contributed by atoms with van der Waals surface area (Å²) >= 11 is 5.86. The van der Waals surface area contributed by atoms with Gasteiger partial charge in [0.25, 0.3) is 5.91 Å². The fourth-order valence-electron chi connectivity index (χ4n) is 1.52. The third-order valence-electron chi connectivity index (χ3n) is 2.72. The lowest BCUT2D eigenvalue weighted by atomic mass is 10.2. The molecular formula is C12H15ClN2O. The van der Waals surface area contributed by atoms with Crippen molar-refractivity contribution < 1.29 is 4.79 Å². The van der Waals surface area contributed by atoms with Gasteiger partial charge in [0, 0.05) is 17.8 Å². The van der Waals surface area contributed by atoms with Crippen LogP contribution in [0.4, 0.5) is 0 Å². The number of pyridine rings is 1. The van der Waals surface area contributed by atoms with Crippen molar-refractivity contribution in [3.63, 3.8) is 0 Å². The number of hydrogen-bond donors (Lipinski definition) is 1. The fraction of sp³-hybridized carbons (Fsp3) is 0.500. The summed E-state index contributed by atoms with van der Waals surface area (Å²) in [5.41, 5.74) is 1.46. The van der Waals surface area contributed by atoms with Gasteiger partial charge in [-0.2, -0.15) is 0 Å². The maximum Gasteiger partial charge on any atom is 0.251 e. The van der Waals surface area contributed by atoms with E-state index in [1.54, 1.807) is 12.1 Å². The monoisotopic (exact) mass is 238 g/mol. The fourth-order valence-corrected chi connectivity index (χ4v) is 1.75. The smallest absolute Gasteiger partial charge is 0.251 e. The highest BCUT2D eigenvalue weighted by Crippen LogP contribution is 2.27. The third kappa shape index (κ3) is 2.95. The van der Waals surface area contributed by atoms with Crippen LogP contribution in [0.3, 0.4) is 0 Å². The lowest BCUT2D eigenvalue weighted by Gasteiger charge is -2.06. The van der Waals surface area contributed by atoms with Gasteiger partial charge in [0.05, 0.1) is 0 Å². The lowest BCUT2D eigenvalue weighted by molar-refractivity contribution is 0.0951. The Balaban J connectivity index is 2.05. The number of hydrogen-bond acceptors (Lipinski definition) is 2. The van der Waals surface area contributed by atoms with E-state index < -0.39 is 0 Å². The zero-order valence-corrected chi connectivity index (χ0v) is 10.0. The van der Waals surface area contributed by atoms with E-state index in [9.17, 15) is 4.79 Å². The maximum atomic E-state index is 11.8. The summed E-state index contributed by atoms with van der Waals surface area (Å²) < 4.78 is 0. The molecule has 1 aromatic rings. The minimum absolute atomic E-state index is 0.0501. The van der Waals surface area contributed by atoms with E-state index >= 15 is 0 Å². The van der Waals surface area contributed by atoms with Gasteiger partial charge in [-0.3, -0.25) is 4.79 Å². The molecule has 2 rings (SSSR count). The van der Waals surface area contributed by atoms with Crippen LogP contribution in [0.2, 0.25) is 5.15 Å². The van der Waals surface area contributed by atoms with Crippen molar-refractivity contribution in [1.82, 2.24) is 10.3 Å². The first-order chi connectivity index (χ1) is 7.69. The molecule has 0 spiro atoms. The van der Waals surface area contributed by atoms with Crippen molar-refractivity contribution in [2.24, 2.45) is 5.92 Å². The Labute approximate surface area is 100 Å². The summed E-state index contributed by atoms with van der Waals surface area (Å²) in [7, 11) is 0. The van der Waals surface area contributed by atoms with Gasteiger partial charge in [0.1, 0.15) is 5.15 Å². The van der Waals surface area contributed by atoms with E-state index in [-0.39, 0.29) is 5.91 Å². The van der Waals surface area contributed by atoms with Crippen molar-refractivity contribution in [1.29, 1.82) is 0 Å². The molecule has 0 atom stereocenters. The summed E-state index contributed by atoms with van der Waals surface area (Å²) in [5.74, 6) is 0.637. The highest BCUT2D eigenvalue weighted by molar-refractivity contribution is 6.29. The quantitative estimate of drug-likeness (QED) is 0.819. The molecule has 0 aliphatic heterocycles. The van der Waals surface area contributed by atoms with Crippen LogP contribution in [-0.4, -0.2) is 17.4 Å². The van der Waals surface area contributed by atoms with Crippen LogP contribution in [0, 0.1) is 5.92 Å². The second-order valence-corrected chi connectivity index (χ2v) is 4.56. The van der Waals surface area contributed by atoms with Crippen LogP contribution in [0.15, 0.2) is 12.1 Å². The number of aromatic nitrogens is 1. The molecule has 16 heavy (non-hydrogen) atoms. The minimum Gasteiger partial charge on any atom is -0.352 e. The number of rotatable bonds is 4. The predicted octanol–water partition coefficient (Wildman–Crippen LogP) is 2.44. The number of halogens is 1. The zero-order valence-electron chi connectivity index (χ0n) is 9.29. The number of carbonyl (C=O) groups is 1. The van der Waals surface area contributed by atoms with Gasteiger partial charge in [-0.1, -0.05) is 18.5 Å². The molecule has 1 aromatic heterocycles. The van der Waals surface area contributed by atoms with Gasteiger partial charge in [-0.05, 0) is 37.3 Å². The summed E-state index contributed by atoms with van der Waals surface area (Å²) in [6.07, 6.45) is 3.25. The van der Waals surface area contributed by atoms with Gasteiger partial charge < -0.3 is 5.32 Å². The highest BCUT2D eigenvalue weighted by Gasteiger charge is 2.22. The van der Waals surface area contributed by atoms with Gasteiger partial charge in [-0.25, -0.2) is 4.98 Å². The summed E-state index contributed by atoms with van der Waals surface area (Å²) in [5, 5.41) is 3.30. The maximum absolute atomic E-state index is 11.8. The van der Waals surface area contributed by atoms with Crippen molar-refractivity contribution in [2.75, 3.05) is 6.54 Å². The first-order valence-electron chi connectivity index (χ1n) is 5.63. The van der Waals surface area contributed by atoms with Crippen molar-refractivity contribution >= 4 is 17.5 Å². The van der Waals surface area contributed by atoms with Crippen LogP contribution in [0.5, 0.6) is 0 Å². The molecule has 1 saturated carbocycles. The highest BCUT2D eigenvalue weighted by atomic mass is 35.5. The summed E-state index contributed by atoms with van der Waals surface area (Å²) in [4.78, 5) is 15.9. The molecule has 0 aromatic carbocycles. The molecule has 1 N–H and O–H groups in total. The second kappa shape index (κ2) is 4.83. The molecule has 0 saturated heterocycles. The molecule has 86 valence electrons. The first-order valence-corrected chi connectivity index (χ1v) is 6.01. The van der Waals surface area contributed by atoms with Crippen molar-refractivity contribution in [3.05, 3.63) is 28.5 Å². The molecule has 0 bridgehead atoms. The number of nitrogens with one attached hydrogen (secondary N) is 1. The van der Waals surface area contributed by atoms with E-state index in [4.69, 9.17) is 11.6 Å². The topological polar surface area (TPSA) is 42.0 Å². The van der Waals surface area contributed by atoms with E-state index in [1.165, 1.54) is 12.8 Å². The number of amides is 1. The summed E-state index contributed by atoms with van der Waals surface area (Å²) in [6.45, 7) is 2.77. The van der Waals surface area contributed by atoms with Gasteiger partial charge in [-0.15, -0.1) is 0 Å². The van der Waals surface area contributed by atoms with Crippen LogP contribution < -0.4 is 5.32 Å². The third-order valence-corrected chi connectivity index (χ3v) is 2.91. The van der Waals surface area contributed by atoms with Crippen LogP contribution in [0.1, 0.15) is 35.8 Å². The molecule has 0 radical (unpaired) electrons. The van der Waals surface area contributed by atoms with Crippen molar-refractivity contribution in [3.8, 4) is 0 Å². The zero-order chi connectivity index (χ0) is 11.5. The Morgan fingerprint density at radius 1 is 1.56 bits per heavy atom. The minimum atomic E-state index is -0.0501. The van der Waals surface area contributed by atoms with Gasteiger partial charge >= 0.3 is 0 Å². The van der Waals surface area contributed by atoms with E-state index in [0.717, 1.165) is 18.7 Å². The molecule has 4 heteroatoms. The largest absolute Gasteiger partial charge is 0.352 e. The van der Waals surface area contributed by atoms with Gasteiger partial charge in [0.15, 0.2) is 0 Å². The molecule has 1 amide bonds. The average Bonchev–Trinajstić information content (AvgIpc) is 3.08. The summed E-state index contributed by atoms with van der Waals surface area (Å²) in [6, 6.07) is 3.41. The van der Waals surface area contributed by atoms with E-state index in [0.29, 0.717) is 16.6 Å². The molecule has 1 fully saturated rings. The van der Waals surface area contributed by atoms with Crippen LogP contribution in [0.25, 0.3) is 0 Å². The number of carbonyl (C=O) groups excluding carboxylic acids is 1. The molecule has 1 aliphatic carbocycles. The van der Waals surface area contributed by atoms with Crippen LogP contribution >= 0.6 is 11.6 Å². The Morgan fingerprint density at radius 2 is 2.31 bits per heavy atom. The first kappa shape index (κ1) is 11.4. The normalized spacial score (nSPS) is 14.9. The Bertz CT molecular complexity index is 402. The van der Waals surface area contributed by atoms with E-state index in [1.807, 2.05) is 6.92 Å². The molecule has 0 unspecified atom stereocenters. The number of nitrogens with zero attached hydrogens (tertiary/aromatic N) is 1. The lowest BCUT2D eigenvalue weighted by Crippen LogP contribution is -2.25. The standard InChI is InChI=1S/C12H15ClN2O/c1-2-10-5-9(6-11(13)15-10)12(16)14-7-8-3-4-8/h5-6,8H,2-4,7H2,1H3,(H,14,16). The Morgan fingerprint density at radius 3 is 2.94 bits per heavy atom. The molecule has 3 nitrogen and oxygen atoms in total. The predicted molar refractivity (Wildman–Crippen MR) is 63.7 cm³/mol. The Kier molecular flexibility index (Phi) is 3.44. The van der Waals surface area contributed by atoms with Crippen LogP contribution in [-0.2, 0) is 6.42 Å². The van der Waals surface area contributed by atoms with Gasteiger partial charge in [0.2, 0.25) is 0 Å². The average molecular weight is 239 g/mol. The second-order valence-electron chi connectivity index (χ2n) is 4.18. The molecule has 1 heterocycles. The van der Waals surface area contributed by atoms with E-state index in [2.05, 4.69) is 10.3 Å². The molecular weight excluding hydrogens is 224 g/mol. The SMILES string of the molecule is CCc1cc(C(=O)NCC2CC2)cc(Cl)n1. The molecule has 1 aliphatic rings. The number of aryl methyl sites for hydroxylation is 1.